The van der Waals surface area contributed by atoms with Gasteiger partial charge in [0.05, 0.1) is 16.2 Å². The van der Waals surface area contributed by atoms with Gasteiger partial charge in [0.2, 0.25) is 0 Å². The van der Waals surface area contributed by atoms with Crippen LogP contribution in [0.3, 0.4) is 0 Å². The molecule has 1 aromatic heterocycles. The molecule has 0 fully saturated rings. The standard InChI is InChI=1S/C19H25N3O2/c1-2-3-4-5-6-7-8-11-16-14-20-15-21-19(16)17-12-9-10-13-18(17)22(23)24/h9-10,12-15H,2-8,11H2,1H3. The van der Waals surface area contributed by atoms with Gasteiger partial charge in [-0.05, 0) is 24.5 Å². The van der Waals surface area contributed by atoms with E-state index in [-0.39, 0.29) is 10.6 Å². The number of nitro groups is 1. The Hall–Kier alpha value is -2.30. The van der Waals surface area contributed by atoms with Crippen molar-refractivity contribution in [3.8, 4) is 11.3 Å². The summed E-state index contributed by atoms with van der Waals surface area (Å²) in [5, 5.41) is 11.3. The molecule has 0 spiro atoms. The van der Waals surface area contributed by atoms with Crippen LogP contribution in [0.5, 0.6) is 0 Å². The summed E-state index contributed by atoms with van der Waals surface area (Å²) < 4.78 is 0. The molecule has 128 valence electrons. The lowest BCUT2D eigenvalue weighted by Gasteiger charge is -2.08. The molecule has 0 radical (unpaired) electrons. The van der Waals surface area contributed by atoms with E-state index in [0.29, 0.717) is 11.3 Å². The summed E-state index contributed by atoms with van der Waals surface area (Å²) in [5.74, 6) is 0. The highest BCUT2D eigenvalue weighted by atomic mass is 16.6. The Morgan fingerprint density at radius 1 is 1.04 bits per heavy atom. The van der Waals surface area contributed by atoms with E-state index in [4.69, 9.17) is 0 Å². The van der Waals surface area contributed by atoms with Crippen LogP contribution in [0.25, 0.3) is 11.3 Å². The number of para-hydroxylation sites is 1. The molecule has 2 rings (SSSR count). The van der Waals surface area contributed by atoms with Crippen molar-refractivity contribution in [2.24, 2.45) is 0 Å². The van der Waals surface area contributed by atoms with Gasteiger partial charge in [-0.15, -0.1) is 0 Å². The second-order valence-electron chi connectivity index (χ2n) is 6.04. The van der Waals surface area contributed by atoms with Gasteiger partial charge in [-0.25, -0.2) is 9.97 Å². The van der Waals surface area contributed by atoms with E-state index in [2.05, 4.69) is 16.9 Å². The number of hydrogen-bond acceptors (Lipinski definition) is 4. The molecular weight excluding hydrogens is 302 g/mol. The topological polar surface area (TPSA) is 68.9 Å². The van der Waals surface area contributed by atoms with Crippen LogP contribution in [0.2, 0.25) is 0 Å². The van der Waals surface area contributed by atoms with Crippen LogP contribution in [-0.2, 0) is 6.42 Å². The molecule has 5 nitrogen and oxygen atoms in total. The Bertz CT molecular complexity index is 659. The number of hydrogen-bond donors (Lipinski definition) is 0. The summed E-state index contributed by atoms with van der Waals surface area (Å²) in [7, 11) is 0. The molecule has 0 saturated carbocycles. The highest BCUT2D eigenvalue weighted by molar-refractivity contribution is 5.72. The van der Waals surface area contributed by atoms with Crippen LogP contribution in [0.1, 0.15) is 57.4 Å². The minimum atomic E-state index is -0.352. The minimum Gasteiger partial charge on any atom is -0.258 e. The van der Waals surface area contributed by atoms with Crippen molar-refractivity contribution in [2.45, 2.75) is 58.3 Å². The third-order valence-corrected chi connectivity index (χ3v) is 4.19. The largest absolute Gasteiger partial charge is 0.278 e. The number of unbranched alkanes of at least 4 members (excludes halogenated alkanes) is 6. The Morgan fingerprint density at radius 3 is 2.50 bits per heavy atom. The fourth-order valence-electron chi connectivity index (χ4n) is 2.89. The summed E-state index contributed by atoms with van der Waals surface area (Å²) in [6, 6.07) is 6.77. The highest BCUT2D eigenvalue weighted by Crippen LogP contribution is 2.30. The number of aromatic nitrogens is 2. The van der Waals surface area contributed by atoms with Gasteiger partial charge in [0.25, 0.3) is 5.69 Å². The van der Waals surface area contributed by atoms with Crippen LogP contribution in [0.4, 0.5) is 5.69 Å². The zero-order chi connectivity index (χ0) is 17.2. The third kappa shape index (κ3) is 5.11. The zero-order valence-corrected chi connectivity index (χ0v) is 14.3. The van der Waals surface area contributed by atoms with Crippen molar-refractivity contribution in [3.63, 3.8) is 0 Å². The number of nitro benzene ring substituents is 1. The lowest BCUT2D eigenvalue weighted by molar-refractivity contribution is -0.384. The van der Waals surface area contributed by atoms with Crippen LogP contribution in [0.15, 0.2) is 36.8 Å². The molecule has 0 amide bonds. The van der Waals surface area contributed by atoms with Gasteiger partial charge < -0.3 is 0 Å². The molecule has 2 aromatic rings. The van der Waals surface area contributed by atoms with Crippen molar-refractivity contribution in [3.05, 3.63) is 52.5 Å². The predicted molar refractivity (Wildman–Crippen MR) is 95.8 cm³/mol. The number of nitrogens with zero attached hydrogens (tertiary/aromatic N) is 3. The first kappa shape index (κ1) is 18.0. The van der Waals surface area contributed by atoms with Crippen LogP contribution < -0.4 is 0 Å². The second-order valence-corrected chi connectivity index (χ2v) is 6.04. The Kier molecular flexibility index (Phi) is 7.33. The smallest absolute Gasteiger partial charge is 0.258 e. The molecular formula is C19H25N3O2. The van der Waals surface area contributed by atoms with Gasteiger partial charge in [0.15, 0.2) is 0 Å². The summed E-state index contributed by atoms with van der Waals surface area (Å²) in [5.41, 5.74) is 2.34. The second kappa shape index (κ2) is 9.75. The molecule has 0 atom stereocenters. The first-order valence-electron chi connectivity index (χ1n) is 8.76. The molecule has 0 aliphatic carbocycles. The molecule has 0 unspecified atom stereocenters. The average Bonchev–Trinajstić information content (AvgIpc) is 2.61. The van der Waals surface area contributed by atoms with Crippen LogP contribution >= 0.6 is 0 Å². The summed E-state index contributed by atoms with van der Waals surface area (Å²) in [4.78, 5) is 19.3. The monoisotopic (exact) mass is 327 g/mol. The van der Waals surface area contributed by atoms with Crippen LogP contribution in [-0.4, -0.2) is 14.9 Å². The van der Waals surface area contributed by atoms with Gasteiger partial charge in [-0.1, -0.05) is 57.6 Å². The molecule has 5 heteroatoms. The fraction of sp³-hybridized carbons (Fsp3) is 0.474. The minimum absolute atomic E-state index is 0.0945. The number of benzene rings is 1. The molecule has 1 heterocycles. The maximum atomic E-state index is 11.3. The van der Waals surface area contributed by atoms with E-state index in [1.54, 1.807) is 18.3 Å². The molecule has 0 N–H and O–H groups in total. The zero-order valence-electron chi connectivity index (χ0n) is 14.3. The van der Waals surface area contributed by atoms with Gasteiger partial charge in [0, 0.05) is 12.3 Å². The molecule has 1 aromatic carbocycles. The molecule has 0 aliphatic heterocycles. The number of rotatable bonds is 10. The van der Waals surface area contributed by atoms with E-state index >= 15 is 0 Å². The van der Waals surface area contributed by atoms with Crippen LogP contribution in [0, 0.1) is 10.1 Å². The quantitative estimate of drug-likeness (QED) is 0.335. The molecule has 0 aliphatic rings. The average molecular weight is 327 g/mol. The van der Waals surface area contributed by atoms with E-state index in [9.17, 15) is 10.1 Å². The van der Waals surface area contributed by atoms with Gasteiger partial charge in [-0.3, -0.25) is 10.1 Å². The van der Waals surface area contributed by atoms with Gasteiger partial charge in [0.1, 0.15) is 6.33 Å². The van der Waals surface area contributed by atoms with E-state index in [1.807, 2.05) is 6.07 Å². The highest BCUT2D eigenvalue weighted by Gasteiger charge is 2.17. The SMILES string of the molecule is CCCCCCCCCc1cncnc1-c1ccccc1[N+](=O)[O-]. The van der Waals surface area contributed by atoms with E-state index in [0.717, 1.165) is 18.4 Å². The Balaban J connectivity index is 2.02. The van der Waals surface area contributed by atoms with Gasteiger partial charge in [-0.2, -0.15) is 0 Å². The van der Waals surface area contributed by atoms with E-state index < -0.39 is 0 Å². The Labute approximate surface area is 143 Å². The fourth-order valence-corrected chi connectivity index (χ4v) is 2.89. The summed E-state index contributed by atoms with van der Waals surface area (Å²) in [6.07, 6.45) is 12.8. The maximum absolute atomic E-state index is 11.3. The molecule has 0 saturated heterocycles. The summed E-state index contributed by atoms with van der Waals surface area (Å²) >= 11 is 0. The predicted octanol–water partition coefficient (Wildman–Crippen LogP) is 5.34. The first-order valence-corrected chi connectivity index (χ1v) is 8.76. The molecule has 24 heavy (non-hydrogen) atoms. The number of aryl methyl sites for hydroxylation is 1. The normalized spacial score (nSPS) is 10.7. The molecule has 0 bridgehead atoms. The van der Waals surface area contributed by atoms with Crippen molar-refractivity contribution < 1.29 is 4.92 Å². The first-order chi connectivity index (χ1) is 11.7. The maximum Gasteiger partial charge on any atom is 0.278 e. The van der Waals surface area contributed by atoms with E-state index in [1.165, 1.54) is 50.9 Å². The lowest BCUT2D eigenvalue weighted by atomic mass is 10.00. The van der Waals surface area contributed by atoms with Crippen molar-refractivity contribution in [2.75, 3.05) is 0 Å². The Morgan fingerprint density at radius 2 is 1.75 bits per heavy atom. The summed E-state index contributed by atoms with van der Waals surface area (Å²) in [6.45, 7) is 2.22. The van der Waals surface area contributed by atoms with Crippen molar-refractivity contribution in [1.82, 2.24) is 9.97 Å². The third-order valence-electron chi connectivity index (χ3n) is 4.19. The van der Waals surface area contributed by atoms with Crippen molar-refractivity contribution >= 4 is 5.69 Å². The lowest BCUT2D eigenvalue weighted by Crippen LogP contribution is -1.98. The van der Waals surface area contributed by atoms with Crippen molar-refractivity contribution in [1.29, 1.82) is 0 Å². The van der Waals surface area contributed by atoms with Gasteiger partial charge >= 0.3 is 0 Å².